The normalized spacial score (nSPS) is 11.3. The third-order valence-electron chi connectivity index (χ3n) is 4.05. The number of anilines is 1. The van der Waals surface area contributed by atoms with Gasteiger partial charge in [-0.2, -0.15) is 0 Å². The van der Waals surface area contributed by atoms with Gasteiger partial charge in [0, 0.05) is 24.6 Å². The SMILES string of the molecule is CCCS(=O)(=O)c1ccccc1C(=O)Nc1cccc(Cn2ccnc2)c1. The molecule has 0 atom stereocenters. The molecule has 1 heterocycles. The van der Waals surface area contributed by atoms with E-state index in [9.17, 15) is 13.2 Å². The highest BCUT2D eigenvalue weighted by atomic mass is 32.2. The second-order valence-corrected chi connectivity index (χ2v) is 8.28. The van der Waals surface area contributed by atoms with Crippen molar-refractivity contribution in [2.24, 2.45) is 0 Å². The van der Waals surface area contributed by atoms with Crippen molar-refractivity contribution in [2.45, 2.75) is 24.8 Å². The largest absolute Gasteiger partial charge is 0.333 e. The molecule has 0 aliphatic carbocycles. The quantitative estimate of drug-likeness (QED) is 0.678. The van der Waals surface area contributed by atoms with Gasteiger partial charge in [0.1, 0.15) is 0 Å². The first kappa shape index (κ1) is 18.8. The van der Waals surface area contributed by atoms with Crippen molar-refractivity contribution in [1.82, 2.24) is 9.55 Å². The maximum Gasteiger partial charge on any atom is 0.256 e. The Kier molecular flexibility index (Phi) is 5.71. The Bertz CT molecular complexity index is 1030. The fourth-order valence-corrected chi connectivity index (χ4v) is 4.38. The van der Waals surface area contributed by atoms with Crippen LogP contribution in [0.3, 0.4) is 0 Å². The Morgan fingerprint density at radius 3 is 2.70 bits per heavy atom. The zero-order valence-electron chi connectivity index (χ0n) is 15.0. The lowest BCUT2D eigenvalue weighted by Crippen LogP contribution is -2.17. The number of benzene rings is 2. The molecular formula is C20H21N3O3S. The van der Waals surface area contributed by atoms with Gasteiger partial charge in [0.05, 0.1) is 22.5 Å². The number of nitrogens with one attached hydrogen (secondary N) is 1. The molecule has 1 aromatic heterocycles. The van der Waals surface area contributed by atoms with Gasteiger partial charge in [-0.25, -0.2) is 13.4 Å². The first-order chi connectivity index (χ1) is 13.0. The second kappa shape index (κ2) is 8.18. The van der Waals surface area contributed by atoms with E-state index in [1.54, 1.807) is 37.6 Å². The number of carbonyl (C=O) groups excluding carboxylic acids is 1. The average Bonchev–Trinajstić information content (AvgIpc) is 3.15. The Balaban J connectivity index is 1.82. The summed E-state index contributed by atoms with van der Waals surface area (Å²) < 4.78 is 26.8. The predicted molar refractivity (Wildman–Crippen MR) is 105 cm³/mol. The minimum Gasteiger partial charge on any atom is -0.333 e. The zero-order valence-corrected chi connectivity index (χ0v) is 15.8. The molecule has 2 aromatic carbocycles. The Hall–Kier alpha value is -2.93. The van der Waals surface area contributed by atoms with Gasteiger partial charge in [-0.05, 0) is 36.2 Å². The molecule has 0 saturated carbocycles. The van der Waals surface area contributed by atoms with Crippen LogP contribution in [0.1, 0.15) is 29.3 Å². The molecule has 0 fully saturated rings. The molecule has 0 radical (unpaired) electrons. The molecule has 3 rings (SSSR count). The monoisotopic (exact) mass is 383 g/mol. The van der Waals surface area contributed by atoms with Gasteiger partial charge in [-0.3, -0.25) is 4.79 Å². The first-order valence-corrected chi connectivity index (χ1v) is 10.3. The van der Waals surface area contributed by atoms with Gasteiger partial charge in [0.25, 0.3) is 5.91 Å². The zero-order chi connectivity index (χ0) is 19.3. The summed E-state index contributed by atoms with van der Waals surface area (Å²) >= 11 is 0. The van der Waals surface area contributed by atoms with Gasteiger partial charge >= 0.3 is 0 Å². The standard InChI is InChI=1S/C20H21N3O3S/c1-2-12-27(25,26)19-9-4-3-8-18(19)20(24)22-17-7-5-6-16(13-17)14-23-11-10-21-15-23/h3-11,13,15H,2,12,14H2,1H3,(H,22,24). The molecular weight excluding hydrogens is 362 g/mol. The van der Waals surface area contributed by atoms with Gasteiger partial charge in [0.15, 0.2) is 9.84 Å². The molecule has 0 unspecified atom stereocenters. The third kappa shape index (κ3) is 4.62. The maximum absolute atomic E-state index is 12.7. The lowest BCUT2D eigenvalue weighted by molar-refractivity contribution is 0.102. The highest BCUT2D eigenvalue weighted by Crippen LogP contribution is 2.20. The molecule has 7 heteroatoms. The van der Waals surface area contributed by atoms with Crippen LogP contribution in [0.15, 0.2) is 72.1 Å². The van der Waals surface area contributed by atoms with Crippen molar-refractivity contribution in [3.63, 3.8) is 0 Å². The topological polar surface area (TPSA) is 81.1 Å². The minimum atomic E-state index is -3.49. The highest BCUT2D eigenvalue weighted by molar-refractivity contribution is 7.91. The van der Waals surface area contributed by atoms with Crippen LogP contribution >= 0.6 is 0 Å². The summed E-state index contributed by atoms with van der Waals surface area (Å²) in [7, 11) is -3.49. The van der Waals surface area contributed by atoms with E-state index in [4.69, 9.17) is 0 Å². The number of sulfone groups is 1. The van der Waals surface area contributed by atoms with Crippen LogP contribution in [-0.2, 0) is 16.4 Å². The van der Waals surface area contributed by atoms with E-state index >= 15 is 0 Å². The smallest absolute Gasteiger partial charge is 0.256 e. The molecule has 6 nitrogen and oxygen atoms in total. The number of aromatic nitrogens is 2. The summed E-state index contributed by atoms with van der Waals surface area (Å²) in [5, 5.41) is 2.80. The Labute approximate surface area is 158 Å². The van der Waals surface area contributed by atoms with Crippen molar-refractivity contribution in [1.29, 1.82) is 0 Å². The van der Waals surface area contributed by atoms with E-state index in [0.29, 0.717) is 18.7 Å². The van der Waals surface area contributed by atoms with Gasteiger partial charge in [-0.15, -0.1) is 0 Å². The number of nitrogens with zero attached hydrogens (tertiary/aromatic N) is 2. The van der Waals surface area contributed by atoms with E-state index in [0.717, 1.165) is 5.56 Å². The van der Waals surface area contributed by atoms with Crippen molar-refractivity contribution in [3.05, 3.63) is 78.4 Å². The summed E-state index contributed by atoms with van der Waals surface area (Å²) in [5.74, 6) is -0.428. The number of carbonyl (C=O) groups is 1. The van der Waals surface area contributed by atoms with Crippen LogP contribution in [0.4, 0.5) is 5.69 Å². The van der Waals surface area contributed by atoms with E-state index in [2.05, 4.69) is 10.3 Å². The van der Waals surface area contributed by atoms with E-state index < -0.39 is 15.7 Å². The molecule has 140 valence electrons. The highest BCUT2D eigenvalue weighted by Gasteiger charge is 2.21. The fourth-order valence-electron chi connectivity index (χ4n) is 2.84. The minimum absolute atomic E-state index is 0.0116. The lowest BCUT2D eigenvalue weighted by Gasteiger charge is -2.11. The van der Waals surface area contributed by atoms with Crippen LogP contribution in [0.2, 0.25) is 0 Å². The summed E-state index contributed by atoms with van der Waals surface area (Å²) in [6.45, 7) is 2.43. The first-order valence-electron chi connectivity index (χ1n) is 8.67. The fraction of sp³-hybridized carbons (Fsp3) is 0.200. The Morgan fingerprint density at radius 1 is 1.15 bits per heavy atom. The van der Waals surface area contributed by atoms with Crippen LogP contribution in [-0.4, -0.2) is 29.6 Å². The summed E-state index contributed by atoms with van der Waals surface area (Å²) in [6.07, 6.45) is 5.79. The molecule has 27 heavy (non-hydrogen) atoms. The van der Waals surface area contributed by atoms with Crippen LogP contribution in [0.5, 0.6) is 0 Å². The molecule has 1 amide bonds. The molecule has 0 saturated heterocycles. The van der Waals surface area contributed by atoms with Crippen molar-refractivity contribution >= 4 is 21.4 Å². The number of hydrogen-bond donors (Lipinski definition) is 1. The van der Waals surface area contributed by atoms with Gasteiger partial charge < -0.3 is 9.88 Å². The number of rotatable bonds is 7. The Morgan fingerprint density at radius 2 is 1.96 bits per heavy atom. The van der Waals surface area contributed by atoms with Gasteiger partial charge in [-0.1, -0.05) is 31.2 Å². The molecule has 0 aliphatic heterocycles. The molecule has 1 N–H and O–H groups in total. The van der Waals surface area contributed by atoms with Crippen molar-refractivity contribution < 1.29 is 13.2 Å². The number of amides is 1. The van der Waals surface area contributed by atoms with E-state index in [1.165, 1.54) is 12.1 Å². The van der Waals surface area contributed by atoms with E-state index in [1.807, 2.05) is 29.0 Å². The third-order valence-corrected chi connectivity index (χ3v) is 6.02. The van der Waals surface area contributed by atoms with Crippen LogP contribution in [0.25, 0.3) is 0 Å². The number of imidazole rings is 1. The lowest BCUT2D eigenvalue weighted by atomic mass is 10.1. The van der Waals surface area contributed by atoms with Crippen molar-refractivity contribution in [2.75, 3.05) is 11.1 Å². The molecule has 3 aromatic rings. The van der Waals surface area contributed by atoms with E-state index in [-0.39, 0.29) is 16.2 Å². The van der Waals surface area contributed by atoms with Gasteiger partial charge in [0.2, 0.25) is 0 Å². The van der Waals surface area contributed by atoms with Crippen LogP contribution < -0.4 is 5.32 Å². The molecule has 0 spiro atoms. The second-order valence-electron chi connectivity index (χ2n) is 6.20. The summed E-state index contributed by atoms with van der Waals surface area (Å²) in [4.78, 5) is 16.8. The predicted octanol–water partition coefficient (Wildman–Crippen LogP) is 3.37. The number of hydrogen-bond acceptors (Lipinski definition) is 4. The summed E-state index contributed by atoms with van der Waals surface area (Å²) in [6, 6.07) is 13.7. The molecule has 0 aliphatic rings. The van der Waals surface area contributed by atoms with Crippen LogP contribution in [0, 0.1) is 0 Å². The molecule has 0 bridgehead atoms. The van der Waals surface area contributed by atoms with Crippen molar-refractivity contribution in [3.8, 4) is 0 Å². The summed E-state index contributed by atoms with van der Waals surface area (Å²) in [5.41, 5.74) is 1.77. The maximum atomic E-state index is 12.7. The average molecular weight is 383 g/mol.